The quantitative estimate of drug-likeness (QED) is 0.864. The van der Waals surface area contributed by atoms with E-state index in [1.165, 1.54) is 0 Å². The van der Waals surface area contributed by atoms with Crippen LogP contribution in [0.5, 0.6) is 0 Å². The minimum absolute atomic E-state index is 0.0531. The van der Waals surface area contributed by atoms with Crippen molar-refractivity contribution in [2.24, 2.45) is 11.7 Å². The number of nitrogens with zero attached hydrogens (tertiary/aromatic N) is 2. The average Bonchev–Trinajstić information content (AvgIpc) is 2.70. The Kier molecular flexibility index (Phi) is 3.87. The van der Waals surface area contributed by atoms with Gasteiger partial charge in [0.15, 0.2) is 0 Å². The number of amides is 2. The molecule has 1 fully saturated rings. The molecule has 1 aliphatic heterocycles. The van der Waals surface area contributed by atoms with E-state index in [1.807, 2.05) is 13.8 Å². The molecule has 19 heavy (non-hydrogen) atoms. The number of hydrogen-bond acceptors (Lipinski definition) is 4. The molecule has 2 rings (SSSR count). The lowest BCUT2D eigenvalue weighted by Crippen LogP contribution is -2.42. The number of primary amides is 1. The van der Waals surface area contributed by atoms with E-state index in [2.05, 4.69) is 5.16 Å². The van der Waals surface area contributed by atoms with Crippen LogP contribution in [-0.4, -0.2) is 35.0 Å². The first-order valence-electron chi connectivity index (χ1n) is 6.48. The van der Waals surface area contributed by atoms with Crippen LogP contribution >= 0.6 is 0 Å². The summed E-state index contributed by atoms with van der Waals surface area (Å²) >= 11 is 0. The fourth-order valence-corrected chi connectivity index (χ4v) is 2.43. The largest absolute Gasteiger partial charge is 0.369 e. The van der Waals surface area contributed by atoms with Crippen LogP contribution in [-0.2, 0) is 16.0 Å². The van der Waals surface area contributed by atoms with Gasteiger partial charge in [-0.2, -0.15) is 0 Å². The number of carbonyl (C=O) groups excluding carboxylic acids is 2. The number of rotatable bonds is 3. The number of nitrogens with two attached hydrogens (primary N) is 1. The first kappa shape index (κ1) is 13.6. The van der Waals surface area contributed by atoms with Crippen molar-refractivity contribution in [1.82, 2.24) is 10.1 Å². The number of aryl methyl sites for hydroxylation is 2. The Morgan fingerprint density at radius 2 is 2.00 bits per heavy atom. The Morgan fingerprint density at radius 3 is 2.47 bits per heavy atom. The molecule has 0 aliphatic carbocycles. The van der Waals surface area contributed by atoms with E-state index in [9.17, 15) is 9.59 Å². The summed E-state index contributed by atoms with van der Waals surface area (Å²) in [6, 6.07) is 0. The maximum absolute atomic E-state index is 12.2. The van der Waals surface area contributed by atoms with Crippen LogP contribution < -0.4 is 5.73 Å². The molecule has 1 saturated heterocycles. The van der Waals surface area contributed by atoms with Crippen LogP contribution in [0, 0.1) is 19.8 Å². The second-order valence-corrected chi connectivity index (χ2v) is 5.04. The van der Waals surface area contributed by atoms with Crippen molar-refractivity contribution in [3.63, 3.8) is 0 Å². The third kappa shape index (κ3) is 2.94. The summed E-state index contributed by atoms with van der Waals surface area (Å²) < 4.78 is 5.05. The average molecular weight is 265 g/mol. The summed E-state index contributed by atoms with van der Waals surface area (Å²) in [6.45, 7) is 4.83. The molecular weight excluding hydrogens is 246 g/mol. The highest BCUT2D eigenvalue weighted by Gasteiger charge is 2.26. The molecule has 0 spiro atoms. The monoisotopic (exact) mass is 265 g/mol. The number of carbonyl (C=O) groups is 2. The van der Waals surface area contributed by atoms with E-state index >= 15 is 0 Å². The first-order valence-corrected chi connectivity index (χ1v) is 6.48. The zero-order valence-corrected chi connectivity index (χ0v) is 11.3. The Labute approximate surface area is 111 Å². The Bertz CT molecular complexity index is 468. The van der Waals surface area contributed by atoms with Gasteiger partial charge in [-0.15, -0.1) is 0 Å². The summed E-state index contributed by atoms with van der Waals surface area (Å²) in [4.78, 5) is 25.0. The molecule has 1 aromatic heterocycles. The van der Waals surface area contributed by atoms with Gasteiger partial charge in [0.2, 0.25) is 11.8 Å². The lowest BCUT2D eigenvalue weighted by Gasteiger charge is -2.30. The Hall–Kier alpha value is -1.85. The molecule has 0 bridgehead atoms. The van der Waals surface area contributed by atoms with E-state index < -0.39 is 0 Å². The molecule has 6 nitrogen and oxygen atoms in total. The van der Waals surface area contributed by atoms with Crippen molar-refractivity contribution in [2.75, 3.05) is 13.1 Å². The van der Waals surface area contributed by atoms with Crippen molar-refractivity contribution < 1.29 is 14.1 Å². The zero-order valence-electron chi connectivity index (χ0n) is 11.3. The van der Waals surface area contributed by atoms with Gasteiger partial charge in [0.1, 0.15) is 5.76 Å². The maximum Gasteiger partial charge on any atom is 0.227 e. The predicted octanol–water partition coefficient (Wildman–Crippen LogP) is 0.558. The zero-order chi connectivity index (χ0) is 14.0. The van der Waals surface area contributed by atoms with Gasteiger partial charge in [0.05, 0.1) is 12.1 Å². The van der Waals surface area contributed by atoms with Crippen LogP contribution in [0.25, 0.3) is 0 Å². The number of likely N-dealkylation sites (tertiary alicyclic amines) is 1. The fourth-order valence-electron chi connectivity index (χ4n) is 2.43. The minimum Gasteiger partial charge on any atom is -0.369 e. The van der Waals surface area contributed by atoms with E-state index in [1.54, 1.807) is 4.90 Å². The molecule has 0 saturated carbocycles. The van der Waals surface area contributed by atoms with E-state index in [0.717, 1.165) is 11.3 Å². The fraction of sp³-hybridized carbons (Fsp3) is 0.615. The van der Waals surface area contributed by atoms with Crippen molar-refractivity contribution in [3.05, 3.63) is 17.0 Å². The summed E-state index contributed by atoms with van der Waals surface area (Å²) in [5, 5.41) is 3.84. The Morgan fingerprint density at radius 1 is 1.37 bits per heavy atom. The second kappa shape index (κ2) is 5.42. The van der Waals surface area contributed by atoms with Gasteiger partial charge in [-0.1, -0.05) is 5.16 Å². The summed E-state index contributed by atoms with van der Waals surface area (Å²) in [6.07, 6.45) is 1.62. The number of piperidine rings is 1. The molecule has 6 heteroatoms. The molecule has 0 unspecified atom stereocenters. The first-order chi connectivity index (χ1) is 8.99. The molecule has 0 radical (unpaired) electrons. The molecule has 2 heterocycles. The maximum atomic E-state index is 12.2. The van der Waals surface area contributed by atoms with E-state index in [0.29, 0.717) is 38.1 Å². The second-order valence-electron chi connectivity index (χ2n) is 5.04. The lowest BCUT2D eigenvalue weighted by molar-refractivity contribution is -0.134. The molecule has 1 aliphatic rings. The smallest absolute Gasteiger partial charge is 0.227 e. The molecule has 0 aromatic carbocycles. The molecule has 0 atom stereocenters. The highest BCUT2D eigenvalue weighted by atomic mass is 16.5. The standard InChI is InChI=1S/C13H19N3O3/c1-8-11(9(2)19-15-8)7-12(17)16-5-3-10(4-6-16)13(14)18/h10H,3-7H2,1-2H3,(H2,14,18). The topological polar surface area (TPSA) is 89.4 Å². The third-order valence-corrected chi connectivity index (χ3v) is 3.76. The normalized spacial score (nSPS) is 16.6. The van der Waals surface area contributed by atoms with Gasteiger partial charge >= 0.3 is 0 Å². The molecular formula is C13H19N3O3. The van der Waals surface area contributed by atoms with Crippen molar-refractivity contribution in [1.29, 1.82) is 0 Å². The lowest BCUT2D eigenvalue weighted by atomic mass is 9.96. The van der Waals surface area contributed by atoms with Crippen LogP contribution in [0.2, 0.25) is 0 Å². The van der Waals surface area contributed by atoms with Crippen LogP contribution in [0.15, 0.2) is 4.52 Å². The molecule has 2 amide bonds. The highest BCUT2D eigenvalue weighted by molar-refractivity contribution is 5.80. The predicted molar refractivity (Wildman–Crippen MR) is 68.2 cm³/mol. The van der Waals surface area contributed by atoms with E-state index in [4.69, 9.17) is 10.3 Å². The highest BCUT2D eigenvalue weighted by Crippen LogP contribution is 2.19. The van der Waals surface area contributed by atoms with Crippen molar-refractivity contribution >= 4 is 11.8 Å². The SMILES string of the molecule is Cc1noc(C)c1CC(=O)N1CCC(C(N)=O)CC1. The molecule has 2 N–H and O–H groups in total. The van der Waals surface area contributed by atoms with Gasteiger partial charge in [0.25, 0.3) is 0 Å². The van der Waals surface area contributed by atoms with Crippen molar-refractivity contribution in [2.45, 2.75) is 33.1 Å². The minimum atomic E-state index is -0.266. The molecule has 1 aromatic rings. The number of aromatic nitrogens is 1. The van der Waals surface area contributed by atoms with Gasteiger partial charge in [-0.25, -0.2) is 0 Å². The van der Waals surface area contributed by atoms with E-state index in [-0.39, 0.29) is 17.7 Å². The van der Waals surface area contributed by atoms with Crippen LogP contribution in [0.1, 0.15) is 29.9 Å². The molecule has 104 valence electrons. The van der Waals surface area contributed by atoms with Gasteiger partial charge in [0, 0.05) is 24.6 Å². The summed E-state index contributed by atoms with van der Waals surface area (Å²) in [7, 11) is 0. The van der Waals surface area contributed by atoms with Crippen LogP contribution in [0.3, 0.4) is 0 Å². The third-order valence-electron chi connectivity index (χ3n) is 3.76. The van der Waals surface area contributed by atoms with Crippen molar-refractivity contribution in [3.8, 4) is 0 Å². The summed E-state index contributed by atoms with van der Waals surface area (Å²) in [5.41, 5.74) is 6.90. The van der Waals surface area contributed by atoms with Gasteiger partial charge in [-0.05, 0) is 26.7 Å². The van der Waals surface area contributed by atoms with Gasteiger partial charge < -0.3 is 15.2 Å². The number of hydrogen-bond donors (Lipinski definition) is 1. The van der Waals surface area contributed by atoms with Gasteiger partial charge in [-0.3, -0.25) is 9.59 Å². The van der Waals surface area contributed by atoms with Crippen LogP contribution in [0.4, 0.5) is 0 Å². The Balaban J connectivity index is 1.93. The summed E-state index contributed by atoms with van der Waals surface area (Å²) in [5.74, 6) is 0.385.